The molecule has 5 atom stereocenters. The molecule has 2 saturated carbocycles. The minimum atomic E-state index is -0.795. The van der Waals surface area contributed by atoms with E-state index in [9.17, 15) is 5.11 Å². The minimum absolute atomic E-state index is 0.00563. The van der Waals surface area contributed by atoms with Crippen molar-refractivity contribution in [1.29, 1.82) is 0 Å². The number of hydrogen-bond acceptors (Lipinski definition) is 11. The molecule has 0 radical (unpaired) electrons. The number of nitrogens with zero attached hydrogens (tertiary/aromatic N) is 5. The van der Waals surface area contributed by atoms with Gasteiger partial charge in [0.15, 0.2) is 11.6 Å². The van der Waals surface area contributed by atoms with Gasteiger partial charge in [0, 0.05) is 35.5 Å². The van der Waals surface area contributed by atoms with Crippen molar-refractivity contribution in [1.82, 2.24) is 19.9 Å². The van der Waals surface area contributed by atoms with E-state index in [4.69, 9.17) is 40.1 Å². The lowest BCUT2D eigenvalue weighted by atomic mass is 9.75. The number of aromatic nitrogens is 3. The second kappa shape index (κ2) is 12.9. The van der Waals surface area contributed by atoms with E-state index in [0.29, 0.717) is 49.0 Å². The number of pyridine rings is 1. The molecule has 0 amide bonds. The molecule has 5 fully saturated rings. The summed E-state index contributed by atoms with van der Waals surface area (Å²) in [6.07, 6.45) is 11.8. The van der Waals surface area contributed by atoms with Crippen LogP contribution in [0, 0.1) is 29.4 Å². The first-order chi connectivity index (χ1) is 25.6. The Bertz CT molecular complexity index is 2160. The molecule has 53 heavy (non-hydrogen) atoms. The Kier molecular flexibility index (Phi) is 8.38. The van der Waals surface area contributed by atoms with Crippen LogP contribution in [0.4, 0.5) is 14.6 Å². The third-order valence-corrected chi connectivity index (χ3v) is 11.8. The van der Waals surface area contributed by atoms with Crippen LogP contribution in [-0.2, 0) is 14.2 Å². The zero-order chi connectivity index (χ0) is 36.6. The molecule has 5 heterocycles. The Morgan fingerprint density at radius 3 is 2.74 bits per heavy atom. The second-order valence-corrected chi connectivity index (χ2v) is 15.5. The first-order valence-electron chi connectivity index (χ1n) is 18.5. The zero-order valence-electron chi connectivity index (χ0n) is 30.2. The second-order valence-electron chi connectivity index (χ2n) is 15.5. The molecule has 2 aliphatic carbocycles. The fraction of sp³-hybridized carbons (Fsp3) is 0.525. The number of fused-ring (bicyclic) bond motifs is 4. The molecule has 13 heteroatoms. The highest BCUT2D eigenvalue weighted by Gasteiger charge is 2.50. The van der Waals surface area contributed by atoms with Gasteiger partial charge in [-0.1, -0.05) is 18.4 Å². The van der Waals surface area contributed by atoms with Gasteiger partial charge in [-0.15, -0.1) is 6.42 Å². The Morgan fingerprint density at radius 1 is 1.09 bits per heavy atom. The van der Waals surface area contributed by atoms with Crippen molar-refractivity contribution in [3.63, 3.8) is 0 Å². The highest BCUT2D eigenvalue weighted by atomic mass is 19.1. The van der Waals surface area contributed by atoms with Crippen LogP contribution in [0.3, 0.4) is 0 Å². The molecule has 11 nitrogen and oxygen atoms in total. The molecule has 278 valence electrons. The summed E-state index contributed by atoms with van der Waals surface area (Å²) < 4.78 is 62.7. The van der Waals surface area contributed by atoms with Gasteiger partial charge in [-0.25, -0.2) is 13.8 Å². The highest BCUT2D eigenvalue weighted by molar-refractivity contribution is 6.04. The van der Waals surface area contributed by atoms with Crippen LogP contribution in [0.2, 0.25) is 0 Å². The van der Waals surface area contributed by atoms with Gasteiger partial charge in [0.25, 0.3) is 0 Å². The zero-order valence-corrected chi connectivity index (χ0v) is 30.2. The minimum Gasteiger partial charge on any atom is -0.508 e. The molecular weight excluding hydrogens is 684 g/mol. The number of phenolic OH excluding ortho intramolecular Hbond substituents is 1. The van der Waals surface area contributed by atoms with E-state index in [1.165, 1.54) is 31.4 Å². The van der Waals surface area contributed by atoms with Crippen LogP contribution in [-0.4, -0.2) is 102 Å². The van der Waals surface area contributed by atoms with Gasteiger partial charge >= 0.3 is 6.01 Å². The van der Waals surface area contributed by atoms with Crippen LogP contribution >= 0.6 is 0 Å². The molecule has 0 spiro atoms. The fourth-order valence-corrected chi connectivity index (χ4v) is 9.41. The first-order valence-corrected chi connectivity index (χ1v) is 18.5. The van der Waals surface area contributed by atoms with E-state index in [1.54, 1.807) is 0 Å². The van der Waals surface area contributed by atoms with Gasteiger partial charge < -0.3 is 33.7 Å². The Balaban J connectivity index is 1.13. The van der Waals surface area contributed by atoms with Crippen LogP contribution in [0.5, 0.6) is 17.6 Å². The van der Waals surface area contributed by atoms with Crippen molar-refractivity contribution in [3.05, 3.63) is 41.5 Å². The number of piperidine rings is 1. The van der Waals surface area contributed by atoms with Crippen LogP contribution in [0.15, 0.2) is 24.3 Å². The van der Waals surface area contributed by atoms with E-state index < -0.39 is 17.4 Å². The van der Waals surface area contributed by atoms with Crippen molar-refractivity contribution in [2.24, 2.45) is 5.41 Å². The summed E-state index contributed by atoms with van der Waals surface area (Å²) in [4.78, 5) is 19.0. The quantitative estimate of drug-likeness (QED) is 0.217. The maximum Gasteiger partial charge on any atom is 0.319 e. The summed E-state index contributed by atoms with van der Waals surface area (Å²) in [5, 5.41) is 11.7. The lowest BCUT2D eigenvalue weighted by molar-refractivity contribution is -0.143. The van der Waals surface area contributed by atoms with E-state index in [0.717, 1.165) is 51.6 Å². The van der Waals surface area contributed by atoms with E-state index >= 15 is 8.78 Å². The van der Waals surface area contributed by atoms with Gasteiger partial charge in [-0.3, -0.25) is 4.90 Å². The summed E-state index contributed by atoms with van der Waals surface area (Å²) in [5.74, 6) is 0.749. The molecule has 1 N–H and O–H groups in total. The lowest BCUT2D eigenvalue weighted by Crippen LogP contribution is -2.54. The molecule has 0 bridgehead atoms. The number of phenols is 1. The van der Waals surface area contributed by atoms with E-state index in [-0.39, 0.29) is 69.0 Å². The third kappa shape index (κ3) is 5.91. The van der Waals surface area contributed by atoms with Gasteiger partial charge in [0.2, 0.25) is 5.88 Å². The summed E-state index contributed by atoms with van der Waals surface area (Å²) in [5.41, 5.74) is -0.338. The van der Waals surface area contributed by atoms with E-state index in [2.05, 4.69) is 20.7 Å². The van der Waals surface area contributed by atoms with Gasteiger partial charge in [-0.2, -0.15) is 9.97 Å². The summed E-state index contributed by atoms with van der Waals surface area (Å²) in [6.45, 7) is 7.65. The standard InChI is InChI=1S/C40H43F2N5O6/c1-5-25-27(41)10-9-22-16-23(48)17-26(31(22)25)34-33(42)35-32(37(43-34)49-4)36(47-14-15-50-29-18-28(29)47)45-38(44-35)51-21-40-11-6-8-30(40)46(13-7-12-40)19-24-20-52-39(2,3)53-24/h1,9-10,16-17,24,28-30,48H,6-8,11-15,18-21H2,2-4H3/t24-,28?,29?,30-,40-/m1/s1. The number of morpholine rings is 1. The average molecular weight is 728 g/mol. The molecule has 4 aromatic rings. The van der Waals surface area contributed by atoms with E-state index in [1.807, 2.05) is 13.8 Å². The summed E-state index contributed by atoms with van der Waals surface area (Å²) in [6, 6.07) is 5.90. The normalized spacial score (nSPS) is 27.8. The van der Waals surface area contributed by atoms with Crippen molar-refractivity contribution in [2.45, 2.75) is 82.5 Å². The Labute approximate surface area is 306 Å². The monoisotopic (exact) mass is 727 g/mol. The summed E-state index contributed by atoms with van der Waals surface area (Å²) in [7, 11) is 1.45. The first kappa shape index (κ1) is 34.4. The van der Waals surface area contributed by atoms with Gasteiger partial charge in [-0.05, 0) is 76.1 Å². The smallest absolute Gasteiger partial charge is 0.319 e. The van der Waals surface area contributed by atoms with Crippen LogP contribution in [0.1, 0.15) is 57.9 Å². The molecule has 2 aromatic heterocycles. The Morgan fingerprint density at radius 2 is 1.94 bits per heavy atom. The average Bonchev–Trinajstić information content (AvgIpc) is 3.69. The molecule has 3 aliphatic heterocycles. The topological polar surface area (TPSA) is 112 Å². The SMILES string of the molecule is C#Cc1c(F)ccc2cc(O)cc(-c3nc(OC)c4c(N5CCOC6CC65)nc(OC[C@]56CCC[C@H]5N(C[C@@H]5COC(C)(C)O5)CCC6)nc4c3F)c12. The predicted octanol–water partition coefficient (Wildman–Crippen LogP) is 5.96. The number of ether oxygens (including phenoxy) is 5. The largest absolute Gasteiger partial charge is 0.508 e. The molecule has 3 saturated heterocycles. The third-order valence-electron chi connectivity index (χ3n) is 11.8. The summed E-state index contributed by atoms with van der Waals surface area (Å²) >= 11 is 0. The number of hydrogen-bond donors (Lipinski definition) is 1. The number of methoxy groups -OCH3 is 1. The van der Waals surface area contributed by atoms with Crippen molar-refractivity contribution in [3.8, 4) is 41.2 Å². The maximum absolute atomic E-state index is 17.2. The molecule has 2 aromatic carbocycles. The number of halogens is 2. The van der Waals surface area contributed by atoms with Crippen molar-refractivity contribution >= 4 is 27.5 Å². The van der Waals surface area contributed by atoms with Gasteiger partial charge in [0.1, 0.15) is 34.0 Å². The van der Waals surface area contributed by atoms with Crippen molar-refractivity contribution < 1.29 is 37.6 Å². The van der Waals surface area contributed by atoms with Crippen LogP contribution in [0.25, 0.3) is 32.9 Å². The number of benzene rings is 2. The lowest BCUT2D eigenvalue weighted by Gasteiger charge is -2.46. The molecule has 5 aliphatic rings. The van der Waals surface area contributed by atoms with Crippen molar-refractivity contribution in [2.75, 3.05) is 51.5 Å². The predicted molar refractivity (Wildman–Crippen MR) is 193 cm³/mol. The number of anilines is 1. The maximum atomic E-state index is 17.2. The number of terminal acetylenes is 1. The number of likely N-dealkylation sites (tertiary alicyclic amines) is 1. The number of aromatic hydroxyl groups is 1. The Hall–Kier alpha value is -4.35. The molecule has 2 unspecified atom stereocenters. The molecular formula is C40H43F2N5O6. The van der Waals surface area contributed by atoms with Crippen LogP contribution < -0.4 is 14.4 Å². The van der Waals surface area contributed by atoms with Gasteiger partial charge in [0.05, 0.1) is 50.7 Å². The molecule has 9 rings (SSSR count). The highest BCUT2D eigenvalue weighted by Crippen LogP contribution is 2.49. The fourth-order valence-electron chi connectivity index (χ4n) is 9.41. The number of rotatable bonds is 8.